The average molecular weight is 346 g/mol. The molecule has 0 unspecified atom stereocenters. The summed E-state index contributed by atoms with van der Waals surface area (Å²) in [5, 5.41) is 20.5. The number of aromatic carboxylic acids is 2. The van der Waals surface area contributed by atoms with Gasteiger partial charge in [0.1, 0.15) is 11.4 Å². The Morgan fingerprint density at radius 2 is 1.04 bits per heavy atom. The zero-order valence-electron chi connectivity index (χ0n) is 13.5. The van der Waals surface area contributed by atoms with Gasteiger partial charge in [-0.1, -0.05) is 24.3 Å². The SMILES string of the molecule is O=C(O)c1cccn1-c1cccc2c(-n3cccc3C(=O)O)cccc12. The first kappa shape index (κ1) is 15.7. The van der Waals surface area contributed by atoms with Gasteiger partial charge in [0.15, 0.2) is 0 Å². The molecule has 0 aliphatic rings. The summed E-state index contributed by atoms with van der Waals surface area (Å²) in [5.74, 6) is -2.02. The van der Waals surface area contributed by atoms with Crippen molar-refractivity contribution in [2.45, 2.75) is 0 Å². The molecular formula is C20H14N2O4. The number of hydrogen-bond donors (Lipinski definition) is 2. The van der Waals surface area contributed by atoms with E-state index in [1.165, 1.54) is 0 Å². The Hall–Kier alpha value is -3.80. The monoisotopic (exact) mass is 346 g/mol. The number of benzene rings is 2. The van der Waals surface area contributed by atoms with Crippen molar-refractivity contribution in [1.82, 2.24) is 9.13 Å². The van der Waals surface area contributed by atoms with Crippen LogP contribution in [0.15, 0.2) is 73.1 Å². The van der Waals surface area contributed by atoms with Gasteiger partial charge in [0, 0.05) is 23.2 Å². The van der Waals surface area contributed by atoms with Crippen LogP contribution in [0.2, 0.25) is 0 Å². The van der Waals surface area contributed by atoms with Crippen LogP contribution >= 0.6 is 0 Å². The van der Waals surface area contributed by atoms with E-state index >= 15 is 0 Å². The quantitative estimate of drug-likeness (QED) is 0.588. The molecule has 128 valence electrons. The second-order valence-corrected chi connectivity index (χ2v) is 5.79. The van der Waals surface area contributed by atoms with Gasteiger partial charge in [-0.3, -0.25) is 0 Å². The maximum atomic E-state index is 11.5. The largest absolute Gasteiger partial charge is 0.477 e. The fourth-order valence-corrected chi connectivity index (χ4v) is 3.23. The Balaban J connectivity index is 2.00. The van der Waals surface area contributed by atoms with Gasteiger partial charge in [-0.05, 0) is 36.4 Å². The smallest absolute Gasteiger partial charge is 0.352 e. The number of carboxylic acid groups (broad SMARTS) is 2. The Bertz CT molecular complexity index is 1060. The maximum absolute atomic E-state index is 11.5. The molecule has 0 atom stereocenters. The van der Waals surface area contributed by atoms with Crippen LogP contribution in [0, 0.1) is 0 Å². The number of nitrogens with zero attached hydrogens (tertiary/aromatic N) is 2. The van der Waals surface area contributed by atoms with Crippen LogP contribution in [0.3, 0.4) is 0 Å². The Morgan fingerprint density at radius 1 is 0.615 bits per heavy atom. The highest BCUT2D eigenvalue weighted by atomic mass is 16.4. The lowest BCUT2D eigenvalue weighted by molar-refractivity contribution is 0.0677. The predicted molar refractivity (Wildman–Crippen MR) is 96.5 cm³/mol. The normalized spacial score (nSPS) is 10.9. The summed E-state index contributed by atoms with van der Waals surface area (Å²) in [6.45, 7) is 0. The lowest BCUT2D eigenvalue weighted by atomic mass is 10.1. The van der Waals surface area contributed by atoms with Crippen molar-refractivity contribution in [3.63, 3.8) is 0 Å². The topological polar surface area (TPSA) is 84.5 Å². The molecule has 6 nitrogen and oxygen atoms in total. The molecule has 0 radical (unpaired) electrons. The molecule has 0 spiro atoms. The minimum absolute atomic E-state index is 0.162. The van der Waals surface area contributed by atoms with Gasteiger partial charge in [0.25, 0.3) is 0 Å². The van der Waals surface area contributed by atoms with Gasteiger partial charge in [0.05, 0.1) is 11.4 Å². The Kier molecular flexibility index (Phi) is 3.58. The molecule has 2 aromatic heterocycles. The summed E-state index contributed by atoms with van der Waals surface area (Å²) < 4.78 is 3.23. The molecule has 2 heterocycles. The highest BCUT2D eigenvalue weighted by Gasteiger charge is 2.15. The lowest BCUT2D eigenvalue weighted by Crippen LogP contribution is -2.08. The van der Waals surface area contributed by atoms with Crippen LogP contribution in [0.4, 0.5) is 0 Å². The average Bonchev–Trinajstić information content (AvgIpc) is 3.30. The third kappa shape index (κ3) is 2.36. The molecule has 0 saturated heterocycles. The maximum Gasteiger partial charge on any atom is 0.352 e. The number of fused-ring (bicyclic) bond motifs is 1. The number of rotatable bonds is 4. The molecular weight excluding hydrogens is 332 g/mol. The molecule has 4 rings (SSSR count). The van der Waals surface area contributed by atoms with Crippen molar-refractivity contribution in [2.24, 2.45) is 0 Å². The zero-order chi connectivity index (χ0) is 18.3. The predicted octanol–water partition coefficient (Wildman–Crippen LogP) is 3.82. The number of aromatic nitrogens is 2. The third-order valence-corrected chi connectivity index (χ3v) is 4.33. The molecule has 0 aliphatic heterocycles. The minimum Gasteiger partial charge on any atom is -0.477 e. The summed E-state index contributed by atoms with van der Waals surface area (Å²) in [7, 11) is 0. The van der Waals surface area contributed by atoms with Crippen LogP contribution in [0.5, 0.6) is 0 Å². The van der Waals surface area contributed by atoms with E-state index in [9.17, 15) is 19.8 Å². The van der Waals surface area contributed by atoms with E-state index in [-0.39, 0.29) is 11.4 Å². The van der Waals surface area contributed by atoms with Gasteiger partial charge in [-0.15, -0.1) is 0 Å². The molecule has 4 aromatic rings. The fourth-order valence-electron chi connectivity index (χ4n) is 3.23. The van der Waals surface area contributed by atoms with Crippen LogP contribution in [-0.2, 0) is 0 Å². The van der Waals surface area contributed by atoms with Crippen molar-refractivity contribution in [3.05, 3.63) is 84.4 Å². The molecule has 0 amide bonds. The molecule has 6 heteroatoms. The first-order valence-electron chi connectivity index (χ1n) is 7.92. The highest BCUT2D eigenvalue weighted by molar-refractivity contribution is 5.98. The molecule has 0 fully saturated rings. The van der Waals surface area contributed by atoms with E-state index in [0.29, 0.717) is 0 Å². The standard InChI is InChI=1S/C20H14N2O4/c23-19(24)17-9-3-11-21(17)15-7-1-5-13-14(15)6-2-8-16(13)22-12-4-10-18(22)20(25)26/h1-12H,(H,23,24)(H,25,26). The molecule has 0 saturated carbocycles. The second-order valence-electron chi connectivity index (χ2n) is 5.79. The molecule has 0 aliphatic carbocycles. The van der Waals surface area contributed by atoms with Gasteiger partial charge in [-0.25, -0.2) is 9.59 Å². The second kappa shape index (κ2) is 5.93. The molecule has 0 bridgehead atoms. The van der Waals surface area contributed by atoms with Gasteiger partial charge in [-0.2, -0.15) is 0 Å². The van der Waals surface area contributed by atoms with Crippen molar-refractivity contribution >= 4 is 22.7 Å². The minimum atomic E-state index is -1.01. The van der Waals surface area contributed by atoms with Gasteiger partial charge in [0.2, 0.25) is 0 Å². The number of carbonyl (C=O) groups is 2. The van der Waals surface area contributed by atoms with Crippen molar-refractivity contribution in [2.75, 3.05) is 0 Å². The highest BCUT2D eigenvalue weighted by Crippen LogP contribution is 2.29. The Labute approximate surface area is 148 Å². The fraction of sp³-hybridized carbons (Fsp3) is 0. The lowest BCUT2D eigenvalue weighted by Gasteiger charge is -2.14. The zero-order valence-corrected chi connectivity index (χ0v) is 13.5. The van der Waals surface area contributed by atoms with E-state index in [4.69, 9.17) is 0 Å². The molecule has 2 aromatic carbocycles. The van der Waals surface area contributed by atoms with E-state index in [1.54, 1.807) is 45.8 Å². The van der Waals surface area contributed by atoms with Crippen molar-refractivity contribution in [3.8, 4) is 11.4 Å². The summed E-state index contributed by atoms with van der Waals surface area (Å²) >= 11 is 0. The van der Waals surface area contributed by atoms with E-state index in [0.717, 1.165) is 22.1 Å². The first-order chi connectivity index (χ1) is 12.6. The van der Waals surface area contributed by atoms with E-state index in [2.05, 4.69) is 0 Å². The summed E-state index contributed by atoms with van der Waals surface area (Å²) in [6, 6.07) is 17.6. The van der Waals surface area contributed by atoms with Crippen molar-refractivity contribution < 1.29 is 19.8 Å². The van der Waals surface area contributed by atoms with Crippen LogP contribution in [-0.4, -0.2) is 31.3 Å². The van der Waals surface area contributed by atoms with Gasteiger partial charge >= 0.3 is 11.9 Å². The van der Waals surface area contributed by atoms with E-state index in [1.807, 2.05) is 36.4 Å². The summed E-state index contributed by atoms with van der Waals surface area (Å²) in [5.41, 5.74) is 1.76. The van der Waals surface area contributed by atoms with Crippen LogP contribution in [0.25, 0.3) is 22.1 Å². The van der Waals surface area contributed by atoms with Crippen LogP contribution < -0.4 is 0 Å². The number of carboxylic acids is 2. The van der Waals surface area contributed by atoms with Gasteiger partial charge < -0.3 is 19.3 Å². The van der Waals surface area contributed by atoms with Crippen molar-refractivity contribution in [1.29, 1.82) is 0 Å². The molecule has 26 heavy (non-hydrogen) atoms. The Morgan fingerprint density at radius 3 is 1.42 bits per heavy atom. The first-order valence-corrected chi connectivity index (χ1v) is 7.92. The third-order valence-electron chi connectivity index (χ3n) is 4.33. The number of hydrogen-bond acceptors (Lipinski definition) is 2. The molecule has 2 N–H and O–H groups in total. The summed E-state index contributed by atoms with van der Waals surface area (Å²) in [4.78, 5) is 23.0. The summed E-state index contributed by atoms with van der Waals surface area (Å²) in [6.07, 6.45) is 3.40. The van der Waals surface area contributed by atoms with E-state index < -0.39 is 11.9 Å². The van der Waals surface area contributed by atoms with Crippen LogP contribution in [0.1, 0.15) is 21.0 Å².